The van der Waals surface area contributed by atoms with Crippen LogP contribution in [0.4, 0.5) is 0 Å². The molecule has 84 valence electrons. The lowest BCUT2D eigenvalue weighted by Gasteiger charge is -2.13. The van der Waals surface area contributed by atoms with Crippen molar-refractivity contribution in [2.24, 2.45) is 0 Å². The van der Waals surface area contributed by atoms with Gasteiger partial charge in [-0.2, -0.15) is 0 Å². The zero-order chi connectivity index (χ0) is 11.3. The monoisotopic (exact) mass is 272 g/mol. The number of hydrogen-bond donors (Lipinski definition) is 0. The van der Waals surface area contributed by atoms with Gasteiger partial charge in [-0.05, 0) is 25.0 Å². The number of rotatable bonds is 5. The molecule has 0 N–H and O–H groups in total. The average Bonchev–Trinajstić information content (AvgIpc) is 2.25. The highest BCUT2D eigenvalue weighted by atomic mass is 79.9. The standard InChI is InChI=1S/C12H17BrO2/c1-9(13)7-8-10-11(14-2)5-4-6-12(10)15-3/h4-6,9H,7-8H2,1-3H3. The van der Waals surface area contributed by atoms with Crippen LogP contribution in [0.15, 0.2) is 18.2 Å². The SMILES string of the molecule is COc1cccc(OC)c1CCC(C)Br. The Kier molecular flexibility index (Phi) is 4.95. The molecule has 0 saturated heterocycles. The van der Waals surface area contributed by atoms with E-state index in [-0.39, 0.29) is 0 Å². The molecule has 0 heterocycles. The van der Waals surface area contributed by atoms with Crippen molar-refractivity contribution >= 4 is 15.9 Å². The summed E-state index contributed by atoms with van der Waals surface area (Å²) in [5, 5.41) is 0. The first kappa shape index (κ1) is 12.4. The molecule has 1 rings (SSSR count). The average molecular weight is 273 g/mol. The third-order valence-electron chi connectivity index (χ3n) is 2.32. The van der Waals surface area contributed by atoms with Crippen molar-refractivity contribution in [1.82, 2.24) is 0 Å². The first-order valence-electron chi connectivity index (χ1n) is 5.03. The van der Waals surface area contributed by atoms with Crippen molar-refractivity contribution in [3.8, 4) is 11.5 Å². The van der Waals surface area contributed by atoms with Crippen LogP contribution in [-0.2, 0) is 6.42 Å². The zero-order valence-corrected chi connectivity index (χ0v) is 11.0. The van der Waals surface area contributed by atoms with Gasteiger partial charge in [0.2, 0.25) is 0 Å². The Labute approximate surface area is 99.7 Å². The van der Waals surface area contributed by atoms with E-state index in [1.54, 1.807) is 14.2 Å². The summed E-state index contributed by atoms with van der Waals surface area (Å²) in [6, 6.07) is 5.88. The van der Waals surface area contributed by atoms with Gasteiger partial charge in [-0.25, -0.2) is 0 Å². The van der Waals surface area contributed by atoms with E-state index in [1.807, 2.05) is 18.2 Å². The number of alkyl halides is 1. The van der Waals surface area contributed by atoms with Crippen LogP contribution in [0.25, 0.3) is 0 Å². The minimum absolute atomic E-state index is 0.507. The Morgan fingerprint density at radius 1 is 1.20 bits per heavy atom. The van der Waals surface area contributed by atoms with E-state index in [2.05, 4.69) is 22.9 Å². The van der Waals surface area contributed by atoms with Gasteiger partial charge in [-0.15, -0.1) is 0 Å². The Morgan fingerprint density at radius 3 is 2.13 bits per heavy atom. The van der Waals surface area contributed by atoms with Crippen LogP contribution in [0.3, 0.4) is 0 Å². The van der Waals surface area contributed by atoms with E-state index in [1.165, 1.54) is 0 Å². The summed E-state index contributed by atoms with van der Waals surface area (Å²) in [6.07, 6.45) is 2.02. The van der Waals surface area contributed by atoms with Crippen LogP contribution >= 0.6 is 15.9 Å². The van der Waals surface area contributed by atoms with Gasteiger partial charge in [0, 0.05) is 10.4 Å². The number of hydrogen-bond acceptors (Lipinski definition) is 2. The van der Waals surface area contributed by atoms with E-state index < -0.39 is 0 Å². The fourth-order valence-corrected chi connectivity index (χ4v) is 1.75. The van der Waals surface area contributed by atoms with Gasteiger partial charge in [-0.3, -0.25) is 0 Å². The van der Waals surface area contributed by atoms with Crippen molar-refractivity contribution in [3.63, 3.8) is 0 Å². The maximum Gasteiger partial charge on any atom is 0.125 e. The second-order valence-corrected chi connectivity index (χ2v) is 5.02. The lowest BCUT2D eigenvalue weighted by Crippen LogP contribution is -2.00. The molecule has 0 bridgehead atoms. The normalized spacial score (nSPS) is 12.3. The molecule has 1 unspecified atom stereocenters. The summed E-state index contributed by atoms with van der Waals surface area (Å²) in [6.45, 7) is 2.14. The van der Waals surface area contributed by atoms with Gasteiger partial charge >= 0.3 is 0 Å². The minimum Gasteiger partial charge on any atom is -0.496 e. The molecule has 0 fully saturated rings. The molecule has 1 aromatic carbocycles. The molecule has 0 aliphatic heterocycles. The Morgan fingerprint density at radius 2 is 1.73 bits per heavy atom. The first-order chi connectivity index (χ1) is 7.19. The second-order valence-electron chi connectivity index (χ2n) is 3.46. The van der Waals surface area contributed by atoms with Crippen LogP contribution < -0.4 is 9.47 Å². The van der Waals surface area contributed by atoms with Crippen LogP contribution in [-0.4, -0.2) is 19.0 Å². The molecule has 0 aliphatic rings. The molecule has 2 nitrogen and oxygen atoms in total. The van der Waals surface area contributed by atoms with Gasteiger partial charge in [0.1, 0.15) is 11.5 Å². The highest BCUT2D eigenvalue weighted by Crippen LogP contribution is 2.30. The molecule has 0 saturated carbocycles. The van der Waals surface area contributed by atoms with Crippen molar-refractivity contribution in [3.05, 3.63) is 23.8 Å². The largest absolute Gasteiger partial charge is 0.496 e. The molecule has 0 amide bonds. The zero-order valence-electron chi connectivity index (χ0n) is 9.42. The lowest BCUT2D eigenvalue weighted by atomic mass is 10.1. The molecule has 0 aliphatic carbocycles. The Bertz CT molecular complexity index is 288. The molecule has 3 heteroatoms. The van der Waals surface area contributed by atoms with Gasteiger partial charge < -0.3 is 9.47 Å². The van der Waals surface area contributed by atoms with E-state index >= 15 is 0 Å². The number of benzene rings is 1. The fraction of sp³-hybridized carbons (Fsp3) is 0.500. The number of methoxy groups -OCH3 is 2. The van der Waals surface area contributed by atoms with Crippen LogP contribution in [0, 0.1) is 0 Å². The van der Waals surface area contributed by atoms with Gasteiger partial charge in [-0.1, -0.05) is 28.9 Å². The van der Waals surface area contributed by atoms with Crippen molar-refractivity contribution < 1.29 is 9.47 Å². The summed E-state index contributed by atoms with van der Waals surface area (Å²) >= 11 is 3.54. The summed E-state index contributed by atoms with van der Waals surface area (Å²) < 4.78 is 10.6. The quantitative estimate of drug-likeness (QED) is 0.765. The maximum atomic E-state index is 5.32. The number of halogens is 1. The lowest BCUT2D eigenvalue weighted by molar-refractivity contribution is 0.384. The first-order valence-corrected chi connectivity index (χ1v) is 5.94. The van der Waals surface area contributed by atoms with Gasteiger partial charge in [0.05, 0.1) is 14.2 Å². The molecule has 0 aromatic heterocycles. The Balaban J connectivity index is 2.89. The molecule has 1 atom stereocenters. The van der Waals surface area contributed by atoms with Crippen molar-refractivity contribution in [1.29, 1.82) is 0 Å². The van der Waals surface area contributed by atoms with E-state index in [0.717, 1.165) is 29.9 Å². The predicted octanol–water partition coefficient (Wildman–Crippen LogP) is 3.42. The highest BCUT2D eigenvalue weighted by Gasteiger charge is 2.10. The molecule has 0 spiro atoms. The maximum absolute atomic E-state index is 5.32. The molecular formula is C12H17BrO2. The summed E-state index contributed by atoms with van der Waals surface area (Å²) in [5.41, 5.74) is 1.15. The molecule has 0 radical (unpaired) electrons. The summed E-state index contributed by atoms with van der Waals surface area (Å²) in [7, 11) is 3.38. The molecule has 1 aromatic rings. The second kappa shape index (κ2) is 6.01. The topological polar surface area (TPSA) is 18.5 Å². The molecule has 15 heavy (non-hydrogen) atoms. The minimum atomic E-state index is 0.507. The number of ether oxygens (including phenoxy) is 2. The van der Waals surface area contributed by atoms with Gasteiger partial charge in [0.25, 0.3) is 0 Å². The Hall–Kier alpha value is -0.700. The van der Waals surface area contributed by atoms with Gasteiger partial charge in [0.15, 0.2) is 0 Å². The fourth-order valence-electron chi connectivity index (χ4n) is 1.52. The van der Waals surface area contributed by atoms with E-state index in [9.17, 15) is 0 Å². The van der Waals surface area contributed by atoms with Crippen LogP contribution in [0.2, 0.25) is 0 Å². The third-order valence-corrected chi connectivity index (χ3v) is 2.78. The van der Waals surface area contributed by atoms with Crippen molar-refractivity contribution in [2.45, 2.75) is 24.6 Å². The van der Waals surface area contributed by atoms with E-state index in [0.29, 0.717) is 4.83 Å². The third kappa shape index (κ3) is 3.42. The van der Waals surface area contributed by atoms with Crippen LogP contribution in [0.1, 0.15) is 18.9 Å². The highest BCUT2D eigenvalue weighted by molar-refractivity contribution is 9.09. The smallest absolute Gasteiger partial charge is 0.125 e. The van der Waals surface area contributed by atoms with E-state index in [4.69, 9.17) is 9.47 Å². The van der Waals surface area contributed by atoms with Crippen LogP contribution in [0.5, 0.6) is 11.5 Å². The van der Waals surface area contributed by atoms with Crippen molar-refractivity contribution in [2.75, 3.05) is 14.2 Å². The predicted molar refractivity (Wildman–Crippen MR) is 66.3 cm³/mol. The summed E-state index contributed by atoms with van der Waals surface area (Å²) in [5.74, 6) is 1.81. The molecular weight excluding hydrogens is 256 g/mol. The summed E-state index contributed by atoms with van der Waals surface area (Å²) in [4.78, 5) is 0.507.